The van der Waals surface area contributed by atoms with Crippen LogP contribution in [0, 0.1) is 0 Å². The fourth-order valence-corrected chi connectivity index (χ4v) is 0. The molecule has 0 rings (SSSR count). The quantitative estimate of drug-likeness (QED) is 0.426. The monoisotopic (exact) mass is 319 g/mol. The smallest absolute Gasteiger partial charge is 0 e. The van der Waals surface area contributed by atoms with Gasteiger partial charge in [-0.3, -0.25) is 0 Å². The van der Waals surface area contributed by atoms with E-state index < -0.39 is 0 Å². The van der Waals surface area contributed by atoms with Crippen molar-refractivity contribution in [3.05, 3.63) is 0 Å². The Morgan fingerprint density at radius 3 is 1.75 bits per heavy atom. The van der Waals surface area contributed by atoms with Crippen molar-refractivity contribution >= 4 is 34.6 Å². The number of hydrogen-bond acceptors (Lipinski definition) is 1. The molecule has 0 aromatic heterocycles. The van der Waals surface area contributed by atoms with E-state index >= 15 is 0 Å². The van der Waals surface area contributed by atoms with E-state index in [1.54, 1.807) is 0 Å². The Morgan fingerprint density at radius 1 is 1.75 bits per heavy atom. The minimum Gasteiger partial charge on any atom is 0 e. The van der Waals surface area contributed by atoms with Crippen LogP contribution in [0.4, 0.5) is 0 Å². The van der Waals surface area contributed by atoms with E-state index in [0.29, 0.717) is 25.2 Å². The number of rotatable bonds is 0. The molecule has 0 N–H and O–H groups in total. The van der Waals surface area contributed by atoms with Crippen molar-refractivity contribution in [3.63, 3.8) is 0 Å². The van der Waals surface area contributed by atoms with Crippen LogP contribution in [-0.4, -0.2) is 25.2 Å². The van der Waals surface area contributed by atoms with E-state index in [1.165, 1.54) is 0 Å². The Morgan fingerprint density at radius 2 is 1.75 bits per heavy atom. The van der Waals surface area contributed by atoms with Gasteiger partial charge in [-0.2, -0.15) is 0 Å². The molecule has 0 spiro atoms. The predicted octanol–water partition coefficient (Wildman–Crippen LogP) is -0.661. The molecule has 0 fully saturated rings. The standard InChI is InChI=1S/Bi.Co.H2OP.2H/c;;1-2;;/h;;2H2;;/q+1;;-1;;. The third-order valence-electron chi connectivity index (χ3n) is 0. The van der Waals surface area contributed by atoms with Gasteiger partial charge < -0.3 is 0 Å². The molecule has 4 heavy (non-hydrogen) atoms. The second kappa shape index (κ2) is 8.84. The molecule has 1 atom stereocenters. The third-order valence-corrected chi connectivity index (χ3v) is 0. The van der Waals surface area contributed by atoms with Crippen LogP contribution in [0.25, 0.3) is 0 Å². The fourth-order valence-electron chi connectivity index (χ4n) is 0. The summed E-state index contributed by atoms with van der Waals surface area (Å²) in [7, 11) is 2.15. The molecule has 0 saturated carbocycles. The first kappa shape index (κ1) is 9.24. The van der Waals surface area contributed by atoms with Gasteiger partial charge in [0.1, 0.15) is 0 Å². The van der Waals surface area contributed by atoms with Crippen molar-refractivity contribution in [2.75, 3.05) is 0 Å². The summed E-state index contributed by atoms with van der Waals surface area (Å²) < 4.78 is 4.33. The van der Waals surface area contributed by atoms with E-state index in [2.05, 4.69) is 12.1 Å². The van der Waals surface area contributed by atoms with Crippen LogP contribution in [0.15, 0.2) is 0 Å². The Balaban J connectivity index is 0. The first-order valence-electron chi connectivity index (χ1n) is 0.471. The summed E-state index contributed by atoms with van der Waals surface area (Å²) in [6.45, 7) is 0. The van der Waals surface area contributed by atoms with Crippen molar-refractivity contribution in [1.29, 1.82) is 0 Å². The first-order valence-corrected chi connectivity index (χ1v) is 2.78. The fraction of sp³-hybridized carbons (Fsp3) is 0. The van der Waals surface area contributed by atoms with Crippen LogP contribution in [0.3, 0.4) is 0 Å². The molecule has 0 aliphatic heterocycles. The summed E-state index contributed by atoms with van der Waals surface area (Å²) in [5.41, 5.74) is 0. The van der Waals surface area contributed by atoms with Crippen molar-refractivity contribution < 1.29 is 19.4 Å². The summed E-state index contributed by atoms with van der Waals surface area (Å²) in [5, 5.41) is 0. The molecule has 0 saturated heterocycles. The topological polar surface area (TPSA) is 9.23 Å². The molecule has 1 nitrogen and oxygen atoms in total. The minimum atomic E-state index is 0. The van der Waals surface area contributed by atoms with Crippen molar-refractivity contribution in [2.24, 2.45) is 0 Å². The van der Waals surface area contributed by atoms with Crippen LogP contribution >= 0.6 is 9.47 Å². The normalized spacial score (nSPS) is 4.50. The maximum atomic E-state index is 4.33. The SMILES string of the molecule is P[O][BiH2].[Co]. The molecule has 0 aliphatic rings. The van der Waals surface area contributed by atoms with Crippen LogP contribution in [0.2, 0.25) is 0 Å². The molecule has 1 radical (unpaired) electrons. The Kier molecular flexibility index (Phi) is 20.4. The minimum absolute atomic E-state index is 0. The molecular formula is H4BiCoOP. The van der Waals surface area contributed by atoms with Crippen molar-refractivity contribution in [1.82, 2.24) is 0 Å². The number of hydrogen-bond donors (Lipinski definition) is 0. The molecule has 0 heterocycles. The van der Waals surface area contributed by atoms with Gasteiger partial charge >= 0.3 is 37.2 Å². The Hall–Kier alpha value is 1.78. The molecule has 0 aliphatic carbocycles. The maximum Gasteiger partial charge on any atom is 0 e. The van der Waals surface area contributed by atoms with Gasteiger partial charge in [-0.1, -0.05) is 0 Å². The van der Waals surface area contributed by atoms with E-state index in [-0.39, 0.29) is 16.8 Å². The maximum absolute atomic E-state index is 4.33. The van der Waals surface area contributed by atoms with Gasteiger partial charge in [-0.25, -0.2) is 0 Å². The average molecular weight is 319 g/mol. The summed E-state index contributed by atoms with van der Waals surface area (Å²) in [4.78, 5) is 0. The molecular weight excluding hydrogens is 315 g/mol. The zero-order valence-electron chi connectivity index (χ0n) is 1.90. The van der Waals surface area contributed by atoms with Gasteiger partial charge in [0.25, 0.3) is 0 Å². The van der Waals surface area contributed by atoms with Gasteiger partial charge in [-0.05, 0) is 0 Å². The molecule has 29 valence electrons. The van der Waals surface area contributed by atoms with Gasteiger partial charge in [0, 0.05) is 16.8 Å². The first-order chi connectivity index (χ1) is 1.41. The molecule has 4 heteroatoms. The summed E-state index contributed by atoms with van der Waals surface area (Å²) in [6, 6.07) is 0. The molecule has 0 aromatic carbocycles. The Labute approximate surface area is 53.8 Å². The average Bonchev–Trinajstić information content (AvgIpc) is 0.918. The van der Waals surface area contributed by atoms with Crippen LogP contribution in [0.1, 0.15) is 0 Å². The summed E-state index contributed by atoms with van der Waals surface area (Å²) >= 11 is 0.681. The molecule has 0 bridgehead atoms. The van der Waals surface area contributed by atoms with Crippen LogP contribution < -0.4 is 0 Å². The van der Waals surface area contributed by atoms with Gasteiger partial charge in [-0.15, -0.1) is 0 Å². The second-order valence-electron chi connectivity index (χ2n) is 0.136. The van der Waals surface area contributed by atoms with Crippen molar-refractivity contribution in [3.8, 4) is 0 Å². The third kappa shape index (κ3) is 9.22. The largest absolute Gasteiger partial charge is 0 e. The van der Waals surface area contributed by atoms with Crippen LogP contribution in [-0.2, 0) is 19.4 Å². The van der Waals surface area contributed by atoms with E-state index in [1.807, 2.05) is 0 Å². The van der Waals surface area contributed by atoms with E-state index in [4.69, 9.17) is 0 Å². The van der Waals surface area contributed by atoms with E-state index in [0.717, 1.165) is 0 Å². The molecule has 0 amide bonds. The predicted molar refractivity (Wildman–Crippen MR) is 19.3 cm³/mol. The van der Waals surface area contributed by atoms with E-state index in [9.17, 15) is 0 Å². The van der Waals surface area contributed by atoms with Gasteiger partial charge in [0.15, 0.2) is 0 Å². The van der Waals surface area contributed by atoms with Gasteiger partial charge in [0.05, 0.1) is 0 Å². The van der Waals surface area contributed by atoms with Gasteiger partial charge in [0.2, 0.25) is 0 Å². The second-order valence-corrected chi connectivity index (χ2v) is 3.58. The zero-order chi connectivity index (χ0) is 2.71. The van der Waals surface area contributed by atoms with Crippen molar-refractivity contribution in [2.45, 2.75) is 0 Å². The summed E-state index contributed by atoms with van der Waals surface area (Å²) in [6.07, 6.45) is 0. The molecule has 0 aromatic rings. The summed E-state index contributed by atoms with van der Waals surface area (Å²) in [5.74, 6) is 0. The zero-order valence-corrected chi connectivity index (χ0v) is 8.58. The Bertz CT molecular complexity index is 8.00. The van der Waals surface area contributed by atoms with Crippen LogP contribution in [0.5, 0.6) is 0 Å². The molecule has 1 unspecified atom stereocenters.